The van der Waals surface area contributed by atoms with Gasteiger partial charge in [0.05, 0.1) is 36.9 Å². The number of rotatable bonds is 14. The zero-order valence-electron chi connectivity index (χ0n) is 50.5. The van der Waals surface area contributed by atoms with E-state index in [0.717, 1.165) is 76.6 Å². The minimum Gasteiger partial charge on any atom is -0.490 e. The molecule has 0 N–H and O–H groups in total. The van der Waals surface area contributed by atoms with Crippen molar-refractivity contribution in [1.82, 2.24) is 9.97 Å². The standard InChI is InChI=1S/C32H32N2O3.C24H28BNO4.C14H16BrNO/c1-18-9-24(37-25-14-32(4,15-25)33-5)10-19(2)29(18)22-8-6-7-21(11-22)17-36-28-13-23-12-26-30(20(3)35)31(26)27(23)16-34-28;1-14(27)21-18-10-16-11-20(26-12-19(16)22(18)21)28-13-15-7-6-8-17(9-15)25-29-23(2,3)24(4,5)30-25;1-9-5-11(6-10(2)13(9)15)17-12-7-14(3,8-12)16-4/h6-11,13,16,25-26,30-31H,12,14-15,17H2,1-4H3;6-9,11-12,18,21-22H,10,13H2,1-5H3;5-6,12H,7-8H2,1-3H3/t25?,26-,30-,31+,32?;18-,21-,22+;/m00./s1. The summed E-state index contributed by atoms with van der Waals surface area (Å²) in [6, 6.07) is 29.0. The van der Waals surface area contributed by atoms with Crippen LogP contribution in [0.25, 0.3) is 20.8 Å². The molecule has 6 aromatic rings. The van der Waals surface area contributed by atoms with Crippen LogP contribution in [0.2, 0.25) is 0 Å². The quantitative estimate of drug-likeness (QED) is 0.0769. The molecule has 434 valence electrons. The Kier molecular flexibility index (Phi) is 15.8. The maximum atomic E-state index is 11.8. The molecule has 12 nitrogen and oxygen atoms in total. The lowest BCUT2D eigenvalue weighted by Gasteiger charge is -2.35. The average molecular weight is 1190 g/mol. The monoisotopic (exact) mass is 1190 g/mol. The maximum absolute atomic E-state index is 11.8. The lowest BCUT2D eigenvalue weighted by Crippen LogP contribution is -2.45. The number of ketones is 2. The molecule has 6 atom stereocenters. The Labute approximate surface area is 504 Å². The van der Waals surface area contributed by atoms with Crippen LogP contribution < -0.4 is 24.4 Å². The molecule has 1 aliphatic heterocycles. The van der Waals surface area contributed by atoms with Crippen LogP contribution in [0.3, 0.4) is 0 Å². The minimum atomic E-state index is -0.381. The number of aryl methyl sites for hydroxylation is 4. The zero-order chi connectivity index (χ0) is 59.8. The number of pyridine rings is 2. The summed E-state index contributed by atoms with van der Waals surface area (Å²) in [5.74, 6) is 5.80. The van der Waals surface area contributed by atoms with Crippen LogP contribution >= 0.6 is 15.9 Å². The first-order valence-corrected chi connectivity index (χ1v) is 30.4. The van der Waals surface area contributed by atoms with Gasteiger partial charge in [0.25, 0.3) is 0 Å². The van der Waals surface area contributed by atoms with Gasteiger partial charge in [-0.25, -0.2) is 23.1 Å². The highest BCUT2D eigenvalue weighted by molar-refractivity contribution is 9.10. The lowest BCUT2D eigenvalue weighted by atomic mass is 9.76. The van der Waals surface area contributed by atoms with Gasteiger partial charge in [-0.15, -0.1) is 0 Å². The molecule has 4 aromatic carbocycles. The Morgan fingerprint density at radius 2 is 1.05 bits per heavy atom. The van der Waals surface area contributed by atoms with E-state index in [1.54, 1.807) is 13.8 Å². The summed E-state index contributed by atoms with van der Waals surface area (Å²) in [5.41, 5.74) is 14.1. The molecule has 14 heteroatoms. The molecule has 0 radical (unpaired) electrons. The van der Waals surface area contributed by atoms with Gasteiger partial charge in [-0.2, -0.15) is 0 Å². The second kappa shape index (κ2) is 22.5. The van der Waals surface area contributed by atoms with Gasteiger partial charge in [0.15, 0.2) is 0 Å². The Morgan fingerprint density at radius 3 is 1.49 bits per heavy atom. The number of hydrogen-bond donors (Lipinski definition) is 0. The fourth-order valence-electron chi connectivity index (χ4n) is 13.7. The van der Waals surface area contributed by atoms with Crippen LogP contribution in [-0.2, 0) is 45.0 Å². The van der Waals surface area contributed by atoms with Crippen LogP contribution in [0.5, 0.6) is 23.3 Å². The van der Waals surface area contributed by atoms with E-state index in [0.29, 0.717) is 60.2 Å². The predicted octanol–water partition coefficient (Wildman–Crippen LogP) is 14.4. The molecule has 2 aromatic heterocycles. The number of hydrogen-bond acceptors (Lipinski definition) is 10. The SMILES string of the molecule is CC(=O)[C@H]1[C@@H]2Cc3cc(OCc4cccc(B5OC(C)(C)C(C)(C)O5)c4)ncc3[C@@H]21.[C-]#[N+]C1(C)CC(Oc2cc(C)c(-c3cccc(COc4cc5c(cn4)[C@H]4[C@@H](C5)[C@@H]4C(C)=O)c3)c(C)c2)C1.[C-]#[N+]C1(C)CC(Oc2cc(C)c(Br)c(C)c2)C1. The summed E-state index contributed by atoms with van der Waals surface area (Å²) in [5, 5.41) is 0. The fraction of sp³-hybridized carbons (Fsp3) is 0.457. The summed E-state index contributed by atoms with van der Waals surface area (Å²) >= 11 is 3.54. The molecule has 4 saturated carbocycles. The molecular weight excluding hydrogens is 1120 g/mol. The highest BCUT2D eigenvalue weighted by Crippen LogP contribution is 2.63. The molecule has 6 aliphatic carbocycles. The Bertz CT molecular complexity index is 3600. The largest absolute Gasteiger partial charge is 0.494 e. The van der Waals surface area contributed by atoms with E-state index in [9.17, 15) is 9.59 Å². The highest BCUT2D eigenvalue weighted by Gasteiger charge is 2.59. The summed E-state index contributed by atoms with van der Waals surface area (Å²) in [4.78, 5) is 39.8. The Balaban J connectivity index is 0.000000140. The van der Waals surface area contributed by atoms with Crippen molar-refractivity contribution in [3.05, 3.63) is 180 Å². The Hall–Kier alpha value is -6.84. The molecule has 84 heavy (non-hydrogen) atoms. The number of ether oxygens (including phenoxy) is 4. The van der Waals surface area contributed by atoms with Crippen molar-refractivity contribution in [3.63, 3.8) is 0 Å². The average Bonchev–Trinajstić information content (AvgIpc) is 1.62. The molecule has 13 rings (SSSR count). The summed E-state index contributed by atoms with van der Waals surface area (Å²) < 4.78 is 37.6. The highest BCUT2D eigenvalue weighted by atomic mass is 79.9. The number of aromatic nitrogens is 2. The minimum absolute atomic E-state index is 0.124. The molecule has 5 fully saturated rings. The number of halogens is 1. The van der Waals surface area contributed by atoms with Gasteiger partial charge in [-0.1, -0.05) is 58.4 Å². The van der Waals surface area contributed by atoms with E-state index in [-0.39, 0.29) is 53.4 Å². The van der Waals surface area contributed by atoms with Gasteiger partial charge >= 0.3 is 7.12 Å². The molecule has 3 heterocycles. The van der Waals surface area contributed by atoms with Crippen molar-refractivity contribution in [3.8, 4) is 34.4 Å². The molecule has 0 bridgehead atoms. The first-order valence-electron chi connectivity index (χ1n) is 29.6. The van der Waals surface area contributed by atoms with Crippen molar-refractivity contribution in [2.45, 2.75) is 181 Å². The van der Waals surface area contributed by atoms with Crippen molar-refractivity contribution in [2.24, 2.45) is 23.7 Å². The second-order valence-electron chi connectivity index (χ2n) is 26.4. The molecular formula is C70H76BBrN4O8. The molecule has 0 amide bonds. The van der Waals surface area contributed by atoms with Gasteiger partial charge in [-0.3, -0.25) is 9.59 Å². The predicted molar refractivity (Wildman–Crippen MR) is 330 cm³/mol. The number of Topliss-reactive ketones (excluding diaryl/α,β-unsaturated/α-hetero) is 2. The lowest BCUT2D eigenvalue weighted by molar-refractivity contribution is -0.119. The van der Waals surface area contributed by atoms with Crippen molar-refractivity contribution in [2.75, 3.05) is 0 Å². The Morgan fingerprint density at radius 1 is 0.619 bits per heavy atom. The smallest absolute Gasteiger partial charge is 0.490 e. The topological polar surface area (TPSA) is 124 Å². The number of benzene rings is 4. The van der Waals surface area contributed by atoms with E-state index in [1.165, 1.54) is 50.1 Å². The normalized spacial score (nSPS) is 27.2. The van der Waals surface area contributed by atoms with Crippen LogP contribution in [0.1, 0.15) is 149 Å². The number of carbonyl (C=O) groups excluding carboxylic acids is 2. The van der Waals surface area contributed by atoms with Gasteiger partial charge in [0.2, 0.25) is 22.8 Å². The number of nitrogens with zero attached hydrogens (tertiary/aromatic N) is 4. The third-order valence-electron chi connectivity index (χ3n) is 19.1. The molecule has 1 saturated heterocycles. The number of fused-ring (bicyclic) bond motifs is 6. The van der Waals surface area contributed by atoms with Crippen LogP contribution in [0.15, 0.2) is 102 Å². The zero-order valence-corrected chi connectivity index (χ0v) is 52.1. The van der Waals surface area contributed by atoms with Crippen LogP contribution in [-0.4, -0.2) is 63.1 Å². The van der Waals surface area contributed by atoms with Gasteiger partial charge in [0.1, 0.15) is 48.5 Å². The first kappa shape index (κ1) is 58.9. The summed E-state index contributed by atoms with van der Waals surface area (Å²) in [6.45, 7) is 39.3. The molecule has 0 spiro atoms. The van der Waals surface area contributed by atoms with Crippen molar-refractivity contribution < 1.29 is 37.8 Å². The van der Waals surface area contributed by atoms with Crippen LogP contribution in [0.4, 0.5) is 0 Å². The molecule has 7 aliphatic rings. The number of carbonyl (C=O) groups is 2. The second-order valence-corrected chi connectivity index (χ2v) is 27.2. The molecule has 0 unspecified atom stereocenters. The fourth-order valence-corrected chi connectivity index (χ4v) is 14.0. The van der Waals surface area contributed by atoms with Crippen molar-refractivity contribution in [1.29, 1.82) is 0 Å². The first-order chi connectivity index (χ1) is 39.8. The van der Waals surface area contributed by atoms with Crippen LogP contribution in [0, 0.1) is 64.5 Å². The summed E-state index contributed by atoms with van der Waals surface area (Å²) in [7, 11) is -0.381. The summed E-state index contributed by atoms with van der Waals surface area (Å²) in [6.07, 6.45) is 9.31. The van der Waals surface area contributed by atoms with E-state index in [4.69, 9.17) is 41.4 Å². The van der Waals surface area contributed by atoms with E-state index in [2.05, 4.69) is 140 Å². The van der Waals surface area contributed by atoms with E-state index >= 15 is 0 Å². The third kappa shape index (κ3) is 11.9. The van der Waals surface area contributed by atoms with Crippen molar-refractivity contribution >= 4 is 40.1 Å². The van der Waals surface area contributed by atoms with E-state index < -0.39 is 0 Å². The maximum Gasteiger partial charge on any atom is 0.494 e. The third-order valence-corrected chi connectivity index (χ3v) is 20.4. The van der Waals surface area contributed by atoms with Gasteiger partial charge < -0.3 is 37.9 Å². The van der Waals surface area contributed by atoms with Gasteiger partial charge in [0, 0.05) is 54.7 Å². The van der Waals surface area contributed by atoms with Gasteiger partial charge in [-0.05, 0) is 208 Å². The van der Waals surface area contributed by atoms with E-state index in [1.807, 2.05) is 62.6 Å².